The SMILES string of the molecule is CNC(=O)CCCS(=O)c1nc2ccc(N)cc2o1. The number of aromatic nitrogens is 1. The molecule has 0 spiro atoms. The highest BCUT2D eigenvalue weighted by molar-refractivity contribution is 7.84. The minimum atomic E-state index is -1.34. The largest absolute Gasteiger partial charge is 0.430 e. The van der Waals surface area contributed by atoms with E-state index in [0.717, 1.165) is 0 Å². The molecule has 6 nitrogen and oxygen atoms in total. The molecule has 0 radical (unpaired) electrons. The highest BCUT2D eigenvalue weighted by atomic mass is 32.2. The molecule has 3 N–H and O–H groups in total. The minimum absolute atomic E-state index is 0.0673. The molecule has 102 valence electrons. The number of nitrogens with zero attached hydrogens (tertiary/aromatic N) is 1. The van der Waals surface area contributed by atoms with E-state index in [1.165, 1.54) is 0 Å². The number of carbonyl (C=O) groups excluding carboxylic acids is 1. The number of rotatable bonds is 5. The fraction of sp³-hybridized carbons (Fsp3) is 0.333. The Balaban J connectivity index is 2.03. The van der Waals surface area contributed by atoms with Gasteiger partial charge in [0.2, 0.25) is 5.91 Å². The number of benzene rings is 1. The van der Waals surface area contributed by atoms with Crippen molar-refractivity contribution in [2.45, 2.75) is 18.1 Å². The summed E-state index contributed by atoms with van der Waals surface area (Å²) in [6.07, 6.45) is 0.864. The lowest BCUT2D eigenvalue weighted by Crippen LogP contribution is -2.17. The van der Waals surface area contributed by atoms with Crippen LogP contribution in [0.15, 0.2) is 27.8 Å². The summed E-state index contributed by atoms with van der Waals surface area (Å²) in [4.78, 5) is 15.2. The van der Waals surface area contributed by atoms with Gasteiger partial charge in [-0.25, -0.2) is 9.19 Å². The van der Waals surface area contributed by atoms with Gasteiger partial charge in [-0.3, -0.25) is 4.79 Å². The predicted molar refractivity (Wildman–Crippen MR) is 73.0 cm³/mol. The first-order chi connectivity index (χ1) is 9.10. The Kier molecular flexibility index (Phi) is 4.16. The topological polar surface area (TPSA) is 98.2 Å². The van der Waals surface area contributed by atoms with Crippen LogP contribution in [0.4, 0.5) is 5.69 Å². The van der Waals surface area contributed by atoms with Crippen molar-refractivity contribution in [1.82, 2.24) is 10.3 Å². The fourth-order valence-electron chi connectivity index (χ4n) is 1.59. The quantitative estimate of drug-likeness (QED) is 0.798. The summed E-state index contributed by atoms with van der Waals surface area (Å²) in [5, 5.41) is 2.69. The van der Waals surface area contributed by atoms with E-state index in [-0.39, 0.29) is 11.1 Å². The molecule has 1 unspecified atom stereocenters. The average Bonchev–Trinajstić information content (AvgIpc) is 2.81. The summed E-state index contributed by atoms with van der Waals surface area (Å²) in [5.74, 6) is 0.276. The summed E-state index contributed by atoms with van der Waals surface area (Å²) in [6, 6.07) is 5.08. The third-order valence-electron chi connectivity index (χ3n) is 2.60. The summed E-state index contributed by atoms with van der Waals surface area (Å²) < 4.78 is 17.4. The molecule has 19 heavy (non-hydrogen) atoms. The van der Waals surface area contributed by atoms with Gasteiger partial charge in [0.1, 0.15) is 16.3 Å². The van der Waals surface area contributed by atoms with Crippen LogP contribution in [-0.2, 0) is 15.6 Å². The van der Waals surface area contributed by atoms with Gasteiger partial charge in [-0.15, -0.1) is 0 Å². The Hall–Kier alpha value is -1.89. The number of carbonyl (C=O) groups is 1. The Bertz CT molecular complexity index is 624. The Labute approximate surface area is 112 Å². The maximum absolute atomic E-state index is 12.0. The molecule has 0 saturated carbocycles. The normalized spacial score (nSPS) is 12.5. The number of fused-ring (bicyclic) bond motifs is 1. The number of amides is 1. The number of nitrogens with one attached hydrogen (secondary N) is 1. The van der Waals surface area contributed by atoms with Crippen LogP contribution in [0.1, 0.15) is 12.8 Å². The van der Waals surface area contributed by atoms with Gasteiger partial charge in [0.25, 0.3) is 5.22 Å². The van der Waals surface area contributed by atoms with Crippen molar-refractivity contribution >= 4 is 33.5 Å². The first kappa shape index (κ1) is 13.5. The maximum atomic E-state index is 12.0. The maximum Gasteiger partial charge on any atom is 0.287 e. The number of nitrogen functional groups attached to an aromatic ring is 1. The lowest BCUT2D eigenvalue weighted by atomic mass is 10.3. The predicted octanol–water partition coefficient (Wildman–Crippen LogP) is 1.04. The third-order valence-corrected chi connectivity index (χ3v) is 3.82. The van der Waals surface area contributed by atoms with Crippen molar-refractivity contribution in [1.29, 1.82) is 0 Å². The van der Waals surface area contributed by atoms with Crippen LogP contribution in [0.2, 0.25) is 0 Å². The van der Waals surface area contributed by atoms with Gasteiger partial charge in [-0.1, -0.05) is 0 Å². The van der Waals surface area contributed by atoms with Crippen LogP contribution in [0.25, 0.3) is 11.1 Å². The number of hydrogen-bond acceptors (Lipinski definition) is 5. The zero-order chi connectivity index (χ0) is 13.8. The first-order valence-corrected chi connectivity index (χ1v) is 7.17. The van der Waals surface area contributed by atoms with E-state index in [1.807, 2.05) is 0 Å². The number of oxazole rings is 1. The van der Waals surface area contributed by atoms with Crippen LogP contribution in [0.3, 0.4) is 0 Å². The minimum Gasteiger partial charge on any atom is -0.430 e. The van der Waals surface area contributed by atoms with E-state index in [9.17, 15) is 9.00 Å². The van der Waals surface area contributed by atoms with Crippen LogP contribution in [0, 0.1) is 0 Å². The molecule has 2 aromatic rings. The average molecular weight is 281 g/mol. The molecular weight excluding hydrogens is 266 g/mol. The molecule has 0 fully saturated rings. The van der Waals surface area contributed by atoms with E-state index >= 15 is 0 Å². The number of nitrogens with two attached hydrogens (primary N) is 1. The van der Waals surface area contributed by atoms with Crippen molar-refractivity contribution in [2.75, 3.05) is 18.5 Å². The molecule has 0 aliphatic heterocycles. The van der Waals surface area contributed by atoms with E-state index < -0.39 is 10.8 Å². The van der Waals surface area contributed by atoms with Crippen molar-refractivity contribution < 1.29 is 13.4 Å². The molecule has 0 aliphatic carbocycles. The highest BCUT2D eigenvalue weighted by Gasteiger charge is 2.13. The molecule has 7 heteroatoms. The third kappa shape index (κ3) is 3.31. The molecule has 1 heterocycles. The zero-order valence-electron chi connectivity index (χ0n) is 10.5. The molecule has 0 saturated heterocycles. The Morgan fingerprint density at radius 3 is 3.05 bits per heavy atom. The molecule has 1 aromatic carbocycles. The van der Waals surface area contributed by atoms with E-state index in [4.69, 9.17) is 10.2 Å². The molecule has 2 rings (SSSR count). The second-order valence-electron chi connectivity index (χ2n) is 4.03. The van der Waals surface area contributed by atoms with Crippen LogP contribution < -0.4 is 11.1 Å². The van der Waals surface area contributed by atoms with Gasteiger partial charge in [0, 0.05) is 31.0 Å². The molecule has 1 aromatic heterocycles. The second-order valence-corrected chi connectivity index (χ2v) is 5.48. The van der Waals surface area contributed by atoms with Crippen LogP contribution in [-0.4, -0.2) is 27.9 Å². The van der Waals surface area contributed by atoms with Gasteiger partial charge in [0.15, 0.2) is 5.58 Å². The molecule has 1 amide bonds. The van der Waals surface area contributed by atoms with Gasteiger partial charge in [0.05, 0.1) is 0 Å². The highest BCUT2D eigenvalue weighted by Crippen LogP contribution is 2.20. The smallest absolute Gasteiger partial charge is 0.287 e. The number of anilines is 1. The monoisotopic (exact) mass is 281 g/mol. The summed E-state index contributed by atoms with van der Waals surface area (Å²) >= 11 is 0. The Morgan fingerprint density at radius 1 is 1.53 bits per heavy atom. The first-order valence-electron chi connectivity index (χ1n) is 5.85. The van der Waals surface area contributed by atoms with Crippen molar-refractivity contribution in [3.05, 3.63) is 18.2 Å². The van der Waals surface area contributed by atoms with Gasteiger partial charge in [-0.05, 0) is 18.6 Å². The lowest BCUT2D eigenvalue weighted by molar-refractivity contribution is -0.120. The number of hydrogen-bond donors (Lipinski definition) is 2. The summed E-state index contributed by atoms with van der Waals surface area (Å²) in [5.41, 5.74) is 7.35. The fourth-order valence-corrected chi connectivity index (χ4v) is 2.56. The molecule has 0 bridgehead atoms. The standard InChI is InChI=1S/C12H15N3O3S/c1-14-11(16)3-2-6-19(17)12-15-9-5-4-8(13)7-10(9)18-12/h4-5,7H,2-3,6,13H2,1H3,(H,14,16). The molecular formula is C12H15N3O3S. The van der Waals surface area contributed by atoms with Crippen molar-refractivity contribution in [2.24, 2.45) is 0 Å². The van der Waals surface area contributed by atoms with E-state index in [0.29, 0.717) is 35.4 Å². The van der Waals surface area contributed by atoms with E-state index in [1.54, 1.807) is 25.2 Å². The van der Waals surface area contributed by atoms with E-state index in [2.05, 4.69) is 10.3 Å². The summed E-state index contributed by atoms with van der Waals surface area (Å²) in [6.45, 7) is 0. The second kappa shape index (κ2) is 5.83. The van der Waals surface area contributed by atoms with Crippen LogP contribution in [0.5, 0.6) is 0 Å². The van der Waals surface area contributed by atoms with Crippen LogP contribution >= 0.6 is 0 Å². The Morgan fingerprint density at radius 2 is 2.32 bits per heavy atom. The lowest BCUT2D eigenvalue weighted by Gasteiger charge is -1.98. The van der Waals surface area contributed by atoms with Gasteiger partial charge >= 0.3 is 0 Å². The molecule has 1 atom stereocenters. The van der Waals surface area contributed by atoms with Gasteiger partial charge < -0.3 is 15.5 Å². The van der Waals surface area contributed by atoms with Crippen molar-refractivity contribution in [3.8, 4) is 0 Å². The summed E-state index contributed by atoms with van der Waals surface area (Å²) in [7, 11) is 0.234. The zero-order valence-corrected chi connectivity index (χ0v) is 11.3. The van der Waals surface area contributed by atoms with Gasteiger partial charge in [-0.2, -0.15) is 0 Å². The van der Waals surface area contributed by atoms with Crippen molar-refractivity contribution in [3.63, 3.8) is 0 Å². The molecule has 0 aliphatic rings.